The number of nitrogens with zero attached hydrogens (tertiary/aromatic N) is 3. The molecular formula is C20H21FN4O4S2. The Morgan fingerprint density at radius 3 is 2.84 bits per heavy atom. The number of anilines is 1. The van der Waals surface area contributed by atoms with E-state index in [0.29, 0.717) is 47.9 Å². The molecule has 8 nitrogen and oxygen atoms in total. The third-order valence-corrected chi connectivity index (χ3v) is 8.43. The molecule has 0 saturated carbocycles. The summed E-state index contributed by atoms with van der Waals surface area (Å²) >= 11 is 1.08. The van der Waals surface area contributed by atoms with Gasteiger partial charge in [-0.1, -0.05) is 11.2 Å². The Balaban J connectivity index is 1.47. The Morgan fingerprint density at radius 2 is 2.13 bits per heavy atom. The molecule has 0 bridgehead atoms. The van der Waals surface area contributed by atoms with Gasteiger partial charge in [-0.05, 0) is 43.5 Å². The summed E-state index contributed by atoms with van der Waals surface area (Å²) in [5.41, 5.74) is 1.40. The molecule has 2 aromatic heterocycles. The first-order valence-corrected chi connectivity index (χ1v) is 12.0. The number of piperidine rings is 1. The zero-order valence-corrected chi connectivity index (χ0v) is 18.6. The van der Waals surface area contributed by atoms with Gasteiger partial charge >= 0.3 is 0 Å². The lowest BCUT2D eigenvalue weighted by molar-refractivity contribution is -0.120. The molecule has 3 heterocycles. The van der Waals surface area contributed by atoms with E-state index < -0.39 is 21.8 Å². The van der Waals surface area contributed by atoms with Gasteiger partial charge in [0.25, 0.3) is 10.0 Å². The number of hydrogen-bond acceptors (Lipinski definition) is 7. The van der Waals surface area contributed by atoms with Crippen molar-refractivity contribution in [1.29, 1.82) is 0 Å². The number of halogens is 1. The van der Waals surface area contributed by atoms with Gasteiger partial charge in [0.15, 0.2) is 0 Å². The van der Waals surface area contributed by atoms with Crippen LogP contribution in [0.15, 0.2) is 38.4 Å². The van der Waals surface area contributed by atoms with Crippen LogP contribution >= 0.6 is 11.3 Å². The third kappa shape index (κ3) is 4.53. The highest BCUT2D eigenvalue weighted by molar-refractivity contribution is 7.91. The molecule has 164 valence electrons. The Kier molecular flexibility index (Phi) is 5.91. The molecule has 4 rings (SSSR count). The van der Waals surface area contributed by atoms with Crippen molar-refractivity contribution in [3.05, 3.63) is 46.9 Å². The van der Waals surface area contributed by atoms with E-state index in [1.807, 2.05) is 0 Å². The van der Waals surface area contributed by atoms with E-state index in [4.69, 9.17) is 4.52 Å². The molecule has 1 aliphatic rings. The quantitative estimate of drug-likeness (QED) is 0.619. The van der Waals surface area contributed by atoms with E-state index in [9.17, 15) is 17.6 Å². The molecule has 31 heavy (non-hydrogen) atoms. The number of rotatable bonds is 5. The number of nitrogens with one attached hydrogen (secondary N) is 1. The van der Waals surface area contributed by atoms with Gasteiger partial charge in [0.2, 0.25) is 17.6 Å². The number of aryl methyl sites for hydroxylation is 2. The van der Waals surface area contributed by atoms with E-state index >= 15 is 0 Å². The van der Waals surface area contributed by atoms with Crippen LogP contribution in [0, 0.1) is 25.6 Å². The van der Waals surface area contributed by atoms with Crippen LogP contribution < -0.4 is 5.32 Å². The van der Waals surface area contributed by atoms with Crippen molar-refractivity contribution in [3.63, 3.8) is 0 Å². The molecule has 1 fully saturated rings. The van der Waals surface area contributed by atoms with Crippen molar-refractivity contribution >= 4 is 33.0 Å². The average molecular weight is 465 g/mol. The predicted octanol–water partition coefficient (Wildman–Crippen LogP) is 3.59. The van der Waals surface area contributed by atoms with Crippen LogP contribution in [0.25, 0.3) is 11.4 Å². The third-order valence-electron chi connectivity index (χ3n) is 5.15. The molecule has 1 N–H and O–H groups in total. The zero-order chi connectivity index (χ0) is 22.2. The predicted molar refractivity (Wildman–Crippen MR) is 114 cm³/mol. The minimum absolute atomic E-state index is 0.0665. The summed E-state index contributed by atoms with van der Waals surface area (Å²) in [6, 6.07) is 5.99. The van der Waals surface area contributed by atoms with Gasteiger partial charge in [-0.15, -0.1) is 11.3 Å². The van der Waals surface area contributed by atoms with Crippen LogP contribution in [0.1, 0.15) is 24.3 Å². The number of carbonyl (C=O) groups is 1. The second kappa shape index (κ2) is 8.48. The summed E-state index contributed by atoms with van der Waals surface area (Å²) in [4.78, 5) is 16.8. The Morgan fingerprint density at radius 1 is 1.32 bits per heavy atom. The SMILES string of the molecule is Cc1nc(-c2csc(S(=O)(=O)N3CCCC(C(=O)Nc4ccc(C)c(F)c4)C3)c2)no1. The van der Waals surface area contributed by atoms with Crippen LogP contribution in [0.5, 0.6) is 0 Å². The zero-order valence-electron chi connectivity index (χ0n) is 17.0. The lowest BCUT2D eigenvalue weighted by Gasteiger charge is -2.30. The van der Waals surface area contributed by atoms with E-state index in [1.54, 1.807) is 31.4 Å². The fourth-order valence-corrected chi connectivity index (χ4v) is 6.24. The number of aromatic nitrogens is 2. The summed E-state index contributed by atoms with van der Waals surface area (Å²) in [6.07, 6.45) is 1.12. The highest BCUT2D eigenvalue weighted by atomic mass is 32.2. The number of amides is 1. The Bertz CT molecular complexity index is 1220. The van der Waals surface area contributed by atoms with Gasteiger partial charge in [0.1, 0.15) is 10.0 Å². The molecule has 1 unspecified atom stereocenters. The first-order chi connectivity index (χ1) is 14.7. The Labute approximate surface area is 183 Å². The maximum absolute atomic E-state index is 13.8. The lowest BCUT2D eigenvalue weighted by atomic mass is 9.98. The van der Waals surface area contributed by atoms with E-state index in [1.165, 1.54) is 16.4 Å². The number of thiophene rings is 1. The van der Waals surface area contributed by atoms with Crippen LogP contribution in [0.4, 0.5) is 10.1 Å². The van der Waals surface area contributed by atoms with Gasteiger partial charge in [0.05, 0.1) is 5.92 Å². The second-order valence-electron chi connectivity index (χ2n) is 7.45. The second-order valence-corrected chi connectivity index (χ2v) is 10.5. The number of benzene rings is 1. The molecule has 3 aromatic rings. The first-order valence-electron chi connectivity index (χ1n) is 9.70. The summed E-state index contributed by atoms with van der Waals surface area (Å²) in [5, 5.41) is 8.17. The van der Waals surface area contributed by atoms with Gasteiger partial charge in [-0.2, -0.15) is 9.29 Å². The van der Waals surface area contributed by atoms with Crippen molar-refractivity contribution in [2.24, 2.45) is 5.92 Å². The fourth-order valence-electron chi connectivity index (χ4n) is 3.40. The van der Waals surface area contributed by atoms with Crippen LogP contribution in [-0.4, -0.2) is 41.9 Å². The number of carbonyl (C=O) groups excluding carboxylic acids is 1. The molecule has 1 aromatic carbocycles. The molecule has 0 radical (unpaired) electrons. The smallest absolute Gasteiger partial charge is 0.252 e. The van der Waals surface area contributed by atoms with Gasteiger partial charge < -0.3 is 9.84 Å². The minimum atomic E-state index is -3.77. The minimum Gasteiger partial charge on any atom is -0.339 e. The standard InChI is InChI=1S/C20H21FN4O4S2/c1-12-5-6-16(9-17(12)21)23-20(26)14-4-3-7-25(10-14)31(27,28)18-8-15(11-30-18)19-22-13(2)29-24-19/h5-6,8-9,11,14H,3-4,7,10H2,1-2H3,(H,23,26). The van der Waals surface area contributed by atoms with Crippen molar-refractivity contribution in [3.8, 4) is 11.4 Å². The highest BCUT2D eigenvalue weighted by Gasteiger charge is 2.34. The van der Waals surface area contributed by atoms with Gasteiger partial charge in [-0.3, -0.25) is 4.79 Å². The lowest BCUT2D eigenvalue weighted by Crippen LogP contribution is -2.43. The maximum atomic E-state index is 13.8. The molecule has 1 amide bonds. The van der Waals surface area contributed by atoms with Gasteiger partial charge in [0, 0.05) is 36.6 Å². The summed E-state index contributed by atoms with van der Waals surface area (Å²) in [5.74, 6) is -0.527. The summed E-state index contributed by atoms with van der Waals surface area (Å²) in [7, 11) is -3.77. The van der Waals surface area contributed by atoms with E-state index in [0.717, 1.165) is 11.3 Å². The average Bonchev–Trinajstić information content (AvgIpc) is 3.40. The van der Waals surface area contributed by atoms with Crippen LogP contribution in [0.3, 0.4) is 0 Å². The molecule has 1 aliphatic heterocycles. The normalized spacial score (nSPS) is 17.6. The molecule has 1 saturated heterocycles. The molecule has 1 atom stereocenters. The summed E-state index contributed by atoms with van der Waals surface area (Å²) < 4.78 is 46.5. The van der Waals surface area contributed by atoms with Crippen molar-refractivity contribution in [2.45, 2.75) is 30.9 Å². The molecule has 0 spiro atoms. The number of sulfonamides is 1. The largest absolute Gasteiger partial charge is 0.339 e. The molecule has 0 aliphatic carbocycles. The van der Waals surface area contributed by atoms with Crippen LogP contribution in [-0.2, 0) is 14.8 Å². The first kappa shape index (κ1) is 21.6. The van der Waals surface area contributed by atoms with Gasteiger partial charge in [-0.25, -0.2) is 12.8 Å². The fraction of sp³-hybridized carbons (Fsp3) is 0.350. The highest BCUT2D eigenvalue weighted by Crippen LogP contribution is 2.31. The maximum Gasteiger partial charge on any atom is 0.252 e. The Hall–Kier alpha value is -2.63. The topological polar surface area (TPSA) is 105 Å². The van der Waals surface area contributed by atoms with Crippen molar-refractivity contribution in [2.75, 3.05) is 18.4 Å². The van der Waals surface area contributed by atoms with Crippen LogP contribution in [0.2, 0.25) is 0 Å². The monoisotopic (exact) mass is 464 g/mol. The van der Waals surface area contributed by atoms with Crippen molar-refractivity contribution in [1.82, 2.24) is 14.4 Å². The summed E-state index contributed by atoms with van der Waals surface area (Å²) in [6.45, 7) is 3.70. The van der Waals surface area contributed by atoms with Crippen molar-refractivity contribution < 1.29 is 22.1 Å². The number of hydrogen-bond donors (Lipinski definition) is 1. The molecular weight excluding hydrogens is 443 g/mol. The molecule has 11 heteroatoms. The van der Waals surface area contributed by atoms with E-state index in [-0.39, 0.29) is 16.7 Å². The van der Waals surface area contributed by atoms with E-state index in [2.05, 4.69) is 15.5 Å².